The molecule has 3 heterocycles. The molecule has 1 atom stereocenters. The van der Waals surface area contributed by atoms with Crippen molar-refractivity contribution >= 4 is 16.9 Å². The third-order valence-electron chi connectivity index (χ3n) is 4.78. The first-order chi connectivity index (χ1) is 12.1. The summed E-state index contributed by atoms with van der Waals surface area (Å²) in [6.45, 7) is 3.06. The molecular formula is C19H18FN3O2. The Morgan fingerprint density at radius 3 is 3.12 bits per heavy atom. The Labute approximate surface area is 144 Å². The number of benzene rings is 1. The molecule has 0 radical (unpaired) electrons. The number of likely N-dealkylation sites (tertiary alicyclic amines) is 1. The van der Waals surface area contributed by atoms with Gasteiger partial charge in [-0.1, -0.05) is 17.3 Å². The molecule has 0 aliphatic carbocycles. The molecule has 2 aromatic heterocycles. The van der Waals surface area contributed by atoms with E-state index in [0.29, 0.717) is 35.6 Å². The molecule has 0 spiro atoms. The van der Waals surface area contributed by atoms with Crippen LogP contribution in [0, 0.1) is 18.7 Å². The largest absolute Gasteiger partial charge is 0.348 e. The van der Waals surface area contributed by atoms with Gasteiger partial charge in [0.05, 0.1) is 5.39 Å². The monoisotopic (exact) mass is 339 g/mol. The predicted octanol–water partition coefficient (Wildman–Crippen LogP) is 3.38. The maximum atomic E-state index is 13.7. The molecule has 3 aromatic rings. The van der Waals surface area contributed by atoms with Gasteiger partial charge in [-0.15, -0.1) is 0 Å². The molecule has 1 unspecified atom stereocenters. The normalized spacial score (nSPS) is 17.4. The van der Waals surface area contributed by atoms with E-state index < -0.39 is 0 Å². The summed E-state index contributed by atoms with van der Waals surface area (Å²) < 4.78 is 18.9. The summed E-state index contributed by atoms with van der Waals surface area (Å²) in [5.41, 5.74) is 2.06. The average molecular weight is 339 g/mol. The fourth-order valence-corrected chi connectivity index (χ4v) is 3.36. The lowest BCUT2D eigenvalue weighted by atomic mass is 9.98. The number of halogens is 1. The number of pyridine rings is 1. The minimum atomic E-state index is -0.177. The lowest BCUT2D eigenvalue weighted by Gasteiger charge is -2.15. The zero-order valence-corrected chi connectivity index (χ0v) is 13.9. The van der Waals surface area contributed by atoms with E-state index in [1.165, 1.54) is 0 Å². The van der Waals surface area contributed by atoms with Crippen LogP contribution < -0.4 is 0 Å². The molecule has 0 saturated carbocycles. The van der Waals surface area contributed by atoms with Crippen molar-refractivity contribution in [1.29, 1.82) is 0 Å². The Bertz CT molecular complexity index is 937. The molecule has 25 heavy (non-hydrogen) atoms. The Morgan fingerprint density at radius 1 is 1.40 bits per heavy atom. The first kappa shape index (κ1) is 15.7. The third-order valence-corrected chi connectivity index (χ3v) is 4.78. The fraction of sp³-hybridized carbons (Fsp3) is 0.316. The van der Waals surface area contributed by atoms with Gasteiger partial charge in [-0.2, -0.15) is 0 Å². The van der Waals surface area contributed by atoms with Crippen LogP contribution in [0.25, 0.3) is 11.0 Å². The van der Waals surface area contributed by atoms with Crippen LogP contribution >= 0.6 is 0 Å². The molecule has 0 N–H and O–H groups in total. The highest BCUT2D eigenvalue weighted by atomic mass is 19.1. The summed E-state index contributed by atoms with van der Waals surface area (Å²) in [6.07, 6.45) is 3.27. The number of hydrogen-bond donors (Lipinski definition) is 0. The minimum Gasteiger partial charge on any atom is -0.348 e. The Balaban J connectivity index is 1.46. The molecule has 1 amide bonds. The highest BCUT2D eigenvalue weighted by Crippen LogP contribution is 2.25. The van der Waals surface area contributed by atoms with Gasteiger partial charge in [-0.25, -0.2) is 9.37 Å². The standard InChI is InChI=1S/C19H18FN3O2/c1-12-4-5-13(10-16(12)20)9-14-6-8-23(11-14)19(24)17-15-3-2-7-21-18(15)22-25-17/h2-5,7,10,14H,6,8-9,11H2,1H3. The number of fused-ring (bicyclic) bond motifs is 1. The number of aryl methyl sites for hydroxylation is 1. The number of aromatic nitrogens is 2. The SMILES string of the molecule is Cc1ccc(CC2CCN(C(=O)c3onc4ncccc34)C2)cc1F. The predicted molar refractivity (Wildman–Crippen MR) is 90.7 cm³/mol. The van der Waals surface area contributed by atoms with Crippen molar-refractivity contribution in [3.8, 4) is 0 Å². The summed E-state index contributed by atoms with van der Waals surface area (Å²) in [4.78, 5) is 18.6. The van der Waals surface area contributed by atoms with Crippen LogP contribution in [0.2, 0.25) is 0 Å². The smallest absolute Gasteiger partial charge is 0.293 e. The van der Waals surface area contributed by atoms with Crippen LogP contribution in [0.15, 0.2) is 41.1 Å². The minimum absolute atomic E-state index is 0.159. The number of amides is 1. The van der Waals surface area contributed by atoms with Gasteiger partial charge in [0.1, 0.15) is 5.82 Å². The van der Waals surface area contributed by atoms with Gasteiger partial charge < -0.3 is 9.42 Å². The van der Waals surface area contributed by atoms with Crippen LogP contribution in [0.4, 0.5) is 4.39 Å². The van der Waals surface area contributed by atoms with Gasteiger partial charge in [-0.3, -0.25) is 4.79 Å². The highest BCUT2D eigenvalue weighted by molar-refractivity contribution is 6.02. The molecule has 1 aliphatic heterocycles. The molecule has 128 valence electrons. The van der Waals surface area contributed by atoms with Crippen molar-refractivity contribution < 1.29 is 13.7 Å². The van der Waals surface area contributed by atoms with Crippen LogP contribution in [0.1, 0.15) is 28.1 Å². The molecule has 5 nitrogen and oxygen atoms in total. The van der Waals surface area contributed by atoms with Crippen LogP contribution in [0.3, 0.4) is 0 Å². The lowest BCUT2D eigenvalue weighted by Crippen LogP contribution is -2.28. The van der Waals surface area contributed by atoms with Crippen molar-refractivity contribution in [3.05, 3.63) is 59.2 Å². The van der Waals surface area contributed by atoms with Gasteiger partial charge >= 0.3 is 0 Å². The Kier molecular flexibility index (Phi) is 3.95. The summed E-state index contributed by atoms with van der Waals surface area (Å²) in [6, 6.07) is 8.90. The quantitative estimate of drug-likeness (QED) is 0.734. The van der Waals surface area contributed by atoms with Gasteiger partial charge in [0, 0.05) is 19.3 Å². The van der Waals surface area contributed by atoms with Crippen molar-refractivity contribution in [2.75, 3.05) is 13.1 Å². The lowest BCUT2D eigenvalue weighted by molar-refractivity contribution is 0.0748. The zero-order chi connectivity index (χ0) is 17.4. The summed E-state index contributed by atoms with van der Waals surface area (Å²) in [5.74, 6) is 0.223. The first-order valence-electron chi connectivity index (χ1n) is 8.36. The molecule has 1 aromatic carbocycles. The number of hydrogen-bond acceptors (Lipinski definition) is 4. The van der Waals surface area contributed by atoms with Crippen LogP contribution in [-0.2, 0) is 6.42 Å². The number of carbonyl (C=O) groups excluding carboxylic acids is 1. The van der Waals surface area contributed by atoms with Crippen LogP contribution in [-0.4, -0.2) is 34.0 Å². The maximum Gasteiger partial charge on any atom is 0.293 e. The fourth-order valence-electron chi connectivity index (χ4n) is 3.36. The molecular weight excluding hydrogens is 321 g/mol. The van der Waals surface area contributed by atoms with Crippen molar-refractivity contribution in [2.45, 2.75) is 19.8 Å². The number of nitrogens with zero attached hydrogens (tertiary/aromatic N) is 3. The Morgan fingerprint density at radius 2 is 2.28 bits per heavy atom. The molecule has 1 aliphatic rings. The second kappa shape index (κ2) is 6.27. The summed E-state index contributed by atoms with van der Waals surface area (Å²) >= 11 is 0. The summed E-state index contributed by atoms with van der Waals surface area (Å²) in [7, 11) is 0. The second-order valence-corrected chi connectivity index (χ2v) is 6.58. The van der Waals surface area contributed by atoms with E-state index in [1.54, 1.807) is 42.3 Å². The van der Waals surface area contributed by atoms with Crippen molar-refractivity contribution in [3.63, 3.8) is 0 Å². The second-order valence-electron chi connectivity index (χ2n) is 6.58. The molecule has 4 rings (SSSR count). The van der Waals surface area contributed by atoms with E-state index in [1.807, 2.05) is 6.07 Å². The van der Waals surface area contributed by atoms with E-state index in [4.69, 9.17) is 4.52 Å². The average Bonchev–Trinajstić information content (AvgIpc) is 3.24. The number of rotatable bonds is 3. The van der Waals surface area contributed by atoms with E-state index >= 15 is 0 Å². The molecule has 0 bridgehead atoms. The maximum absolute atomic E-state index is 13.7. The van der Waals surface area contributed by atoms with Crippen molar-refractivity contribution in [2.24, 2.45) is 5.92 Å². The molecule has 1 saturated heterocycles. The number of carbonyl (C=O) groups is 1. The first-order valence-corrected chi connectivity index (χ1v) is 8.36. The van der Waals surface area contributed by atoms with E-state index in [0.717, 1.165) is 18.4 Å². The van der Waals surface area contributed by atoms with Crippen LogP contribution in [0.5, 0.6) is 0 Å². The molecule has 1 fully saturated rings. The highest BCUT2D eigenvalue weighted by Gasteiger charge is 2.30. The van der Waals surface area contributed by atoms with Gasteiger partial charge in [-0.05, 0) is 55.0 Å². The molecule has 6 heteroatoms. The Hall–Kier alpha value is -2.76. The van der Waals surface area contributed by atoms with E-state index in [2.05, 4.69) is 10.1 Å². The van der Waals surface area contributed by atoms with Gasteiger partial charge in [0.25, 0.3) is 5.91 Å². The van der Waals surface area contributed by atoms with Gasteiger partial charge in [0.2, 0.25) is 11.4 Å². The summed E-state index contributed by atoms with van der Waals surface area (Å²) in [5, 5.41) is 4.48. The van der Waals surface area contributed by atoms with E-state index in [-0.39, 0.29) is 17.5 Å². The zero-order valence-electron chi connectivity index (χ0n) is 13.9. The topological polar surface area (TPSA) is 59.2 Å². The van der Waals surface area contributed by atoms with E-state index in [9.17, 15) is 9.18 Å². The van der Waals surface area contributed by atoms with Gasteiger partial charge in [0.15, 0.2) is 0 Å². The van der Waals surface area contributed by atoms with Crippen molar-refractivity contribution in [1.82, 2.24) is 15.0 Å². The third kappa shape index (κ3) is 2.99.